The fourth-order valence-electron chi connectivity index (χ4n) is 2.87. The quantitative estimate of drug-likeness (QED) is 0.843. The SMILES string of the molecule is Cc1cc(C(=O)Nc2n[nH]c3c2CCN(C(=O)OC(C)(C)C)C3)ccc1F. The molecule has 3 rings (SSSR count). The van der Waals surface area contributed by atoms with Crippen LogP contribution < -0.4 is 5.32 Å². The summed E-state index contributed by atoms with van der Waals surface area (Å²) in [7, 11) is 0. The van der Waals surface area contributed by atoms with Crippen molar-refractivity contribution in [1.29, 1.82) is 0 Å². The fourth-order valence-corrected chi connectivity index (χ4v) is 2.87. The number of carbonyl (C=O) groups is 2. The van der Waals surface area contributed by atoms with Crippen molar-refractivity contribution in [3.05, 3.63) is 46.4 Å². The number of aromatic nitrogens is 2. The summed E-state index contributed by atoms with van der Waals surface area (Å²) in [5.74, 6) is -0.284. The van der Waals surface area contributed by atoms with Gasteiger partial charge in [-0.2, -0.15) is 5.10 Å². The predicted octanol–water partition coefficient (Wildman–Crippen LogP) is 3.40. The zero-order valence-electron chi connectivity index (χ0n) is 15.9. The van der Waals surface area contributed by atoms with Crippen molar-refractivity contribution in [2.24, 2.45) is 0 Å². The number of benzene rings is 1. The number of hydrogen-bond acceptors (Lipinski definition) is 4. The minimum absolute atomic E-state index is 0.336. The molecule has 0 saturated heterocycles. The zero-order valence-corrected chi connectivity index (χ0v) is 15.9. The maximum Gasteiger partial charge on any atom is 0.410 e. The molecule has 2 amide bonds. The number of amides is 2. The van der Waals surface area contributed by atoms with Gasteiger partial charge in [0, 0.05) is 17.7 Å². The largest absolute Gasteiger partial charge is 0.444 e. The van der Waals surface area contributed by atoms with Gasteiger partial charge in [-0.05, 0) is 57.9 Å². The van der Waals surface area contributed by atoms with E-state index in [0.29, 0.717) is 36.5 Å². The Kier molecular flexibility index (Phi) is 4.91. The maximum absolute atomic E-state index is 13.4. The van der Waals surface area contributed by atoms with E-state index in [9.17, 15) is 14.0 Å². The topological polar surface area (TPSA) is 87.3 Å². The van der Waals surface area contributed by atoms with E-state index in [-0.39, 0.29) is 17.8 Å². The molecule has 1 aromatic carbocycles. The first-order valence-corrected chi connectivity index (χ1v) is 8.75. The number of nitrogens with one attached hydrogen (secondary N) is 2. The van der Waals surface area contributed by atoms with E-state index in [0.717, 1.165) is 11.3 Å². The second-order valence-electron chi connectivity index (χ2n) is 7.60. The van der Waals surface area contributed by atoms with Crippen molar-refractivity contribution in [1.82, 2.24) is 15.1 Å². The number of rotatable bonds is 2. The molecule has 0 fully saturated rings. The Bertz CT molecular complexity index is 886. The molecule has 0 unspecified atom stereocenters. The van der Waals surface area contributed by atoms with Crippen LogP contribution in [0.4, 0.5) is 15.0 Å². The molecule has 1 aliphatic heterocycles. The zero-order chi connectivity index (χ0) is 19.8. The molecule has 0 atom stereocenters. The molecule has 0 bridgehead atoms. The van der Waals surface area contributed by atoms with Gasteiger partial charge in [-0.15, -0.1) is 0 Å². The third-order valence-electron chi connectivity index (χ3n) is 4.24. The van der Waals surface area contributed by atoms with Crippen LogP contribution in [0.15, 0.2) is 18.2 Å². The third kappa shape index (κ3) is 4.27. The van der Waals surface area contributed by atoms with Crippen LogP contribution in [0.5, 0.6) is 0 Å². The molecule has 27 heavy (non-hydrogen) atoms. The lowest BCUT2D eigenvalue weighted by Gasteiger charge is -2.29. The molecule has 0 aliphatic carbocycles. The lowest BCUT2D eigenvalue weighted by molar-refractivity contribution is 0.0221. The van der Waals surface area contributed by atoms with Gasteiger partial charge in [0.25, 0.3) is 5.91 Å². The highest BCUT2D eigenvalue weighted by molar-refractivity contribution is 6.04. The van der Waals surface area contributed by atoms with Crippen molar-refractivity contribution in [2.45, 2.75) is 46.3 Å². The van der Waals surface area contributed by atoms with Gasteiger partial charge in [0.2, 0.25) is 0 Å². The summed E-state index contributed by atoms with van der Waals surface area (Å²) < 4.78 is 18.8. The van der Waals surface area contributed by atoms with Gasteiger partial charge in [-0.25, -0.2) is 9.18 Å². The second kappa shape index (κ2) is 7.02. The van der Waals surface area contributed by atoms with Gasteiger partial charge in [0.1, 0.15) is 11.4 Å². The number of nitrogens with zero attached hydrogens (tertiary/aromatic N) is 2. The number of fused-ring (bicyclic) bond motifs is 1. The van der Waals surface area contributed by atoms with Gasteiger partial charge in [-0.3, -0.25) is 9.89 Å². The van der Waals surface area contributed by atoms with Crippen LogP contribution in [-0.2, 0) is 17.7 Å². The summed E-state index contributed by atoms with van der Waals surface area (Å²) in [4.78, 5) is 26.2. The molecule has 0 saturated carbocycles. The highest BCUT2D eigenvalue weighted by Crippen LogP contribution is 2.25. The van der Waals surface area contributed by atoms with Crippen LogP contribution in [0, 0.1) is 12.7 Å². The number of H-pyrrole nitrogens is 1. The van der Waals surface area contributed by atoms with E-state index in [4.69, 9.17) is 4.74 Å². The Morgan fingerprint density at radius 2 is 2.07 bits per heavy atom. The summed E-state index contributed by atoms with van der Waals surface area (Å²) in [5, 5.41) is 9.80. The molecular weight excluding hydrogens is 351 g/mol. The summed E-state index contributed by atoms with van der Waals surface area (Å²) in [6.45, 7) is 7.88. The second-order valence-corrected chi connectivity index (χ2v) is 7.60. The minimum Gasteiger partial charge on any atom is -0.444 e. The van der Waals surface area contributed by atoms with E-state index < -0.39 is 5.60 Å². The minimum atomic E-state index is -0.558. The molecule has 144 valence electrons. The molecule has 1 aromatic heterocycles. The van der Waals surface area contributed by atoms with Crippen molar-refractivity contribution in [2.75, 3.05) is 11.9 Å². The molecule has 7 nitrogen and oxygen atoms in total. The van der Waals surface area contributed by atoms with E-state index >= 15 is 0 Å². The standard InChI is InChI=1S/C19H23FN4O3/c1-11-9-12(5-6-14(11)20)17(25)21-16-13-7-8-24(10-15(13)22-23-16)18(26)27-19(2,3)4/h5-6,9H,7-8,10H2,1-4H3,(H2,21,22,23,25). The van der Waals surface area contributed by atoms with Crippen molar-refractivity contribution >= 4 is 17.8 Å². The number of anilines is 1. The Morgan fingerprint density at radius 1 is 1.33 bits per heavy atom. The van der Waals surface area contributed by atoms with Crippen LogP contribution in [0.1, 0.15) is 48.0 Å². The van der Waals surface area contributed by atoms with Crippen LogP contribution in [-0.4, -0.2) is 39.2 Å². The number of halogens is 1. The van der Waals surface area contributed by atoms with Crippen LogP contribution in [0.3, 0.4) is 0 Å². The van der Waals surface area contributed by atoms with E-state index in [1.807, 2.05) is 20.8 Å². The normalized spacial score (nSPS) is 13.9. The number of aromatic amines is 1. The monoisotopic (exact) mass is 374 g/mol. The Labute approximate surface area is 156 Å². The van der Waals surface area contributed by atoms with Crippen molar-refractivity contribution in [3.8, 4) is 0 Å². The number of carbonyl (C=O) groups excluding carboxylic acids is 2. The molecule has 0 spiro atoms. The number of ether oxygens (including phenoxy) is 1. The van der Waals surface area contributed by atoms with Crippen LogP contribution in [0.25, 0.3) is 0 Å². The summed E-state index contributed by atoms with van der Waals surface area (Å²) in [5.41, 5.74) is 1.83. The maximum atomic E-state index is 13.4. The van der Waals surface area contributed by atoms with E-state index in [1.165, 1.54) is 18.2 Å². The van der Waals surface area contributed by atoms with Gasteiger partial charge in [0.15, 0.2) is 5.82 Å². The van der Waals surface area contributed by atoms with Crippen molar-refractivity contribution < 1.29 is 18.7 Å². The molecule has 1 aliphatic rings. The number of hydrogen-bond donors (Lipinski definition) is 2. The summed E-state index contributed by atoms with van der Waals surface area (Å²) in [6, 6.07) is 4.19. The van der Waals surface area contributed by atoms with Crippen LogP contribution in [0.2, 0.25) is 0 Å². The molecule has 0 radical (unpaired) electrons. The highest BCUT2D eigenvalue weighted by Gasteiger charge is 2.28. The van der Waals surface area contributed by atoms with E-state index in [1.54, 1.807) is 11.8 Å². The molecule has 8 heteroatoms. The Morgan fingerprint density at radius 3 is 2.74 bits per heavy atom. The Balaban J connectivity index is 1.70. The predicted molar refractivity (Wildman–Crippen MR) is 98.0 cm³/mol. The van der Waals surface area contributed by atoms with Gasteiger partial charge >= 0.3 is 6.09 Å². The smallest absolute Gasteiger partial charge is 0.410 e. The van der Waals surface area contributed by atoms with Gasteiger partial charge in [-0.1, -0.05) is 0 Å². The fraction of sp³-hybridized carbons (Fsp3) is 0.421. The average molecular weight is 374 g/mol. The first kappa shape index (κ1) is 18.9. The first-order chi connectivity index (χ1) is 12.6. The van der Waals surface area contributed by atoms with E-state index in [2.05, 4.69) is 15.5 Å². The lowest BCUT2D eigenvalue weighted by atomic mass is 10.1. The van der Waals surface area contributed by atoms with Gasteiger partial charge < -0.3 is 15.0 Å². The molecular formula is C19H23FN4O3. The van der Waals surface area contributed by atoms with Crippen molar-refractivity contribution in [3.63, 3.8) is 0 Å². The summed E-state index contributed by atoms with van der Waals surface area (Å²) in [6.07, 6.45) is 0.165. The van der Waals surface area contributed by atoms with Gasteiger partial charge in [0.05, 0.1) is 12.2 Å². The average Bonchev–Trinajstić information content (AvgIpc) is 2.98. The highest BCUT2D eigenvalue weighted by atomic mass is 19.1. The molecule has 2 aromatic rings. The van der Waals surface area contributed by atoms with Crippen LogP contribution >= 0.6 is 0 Å². The molecule has 2 N–H and O–H groups in total. The first-order valence-electron chi connectivity index (χ1n) is 8.75. The number of aryl methyl sites for hydroxylation is 1. The summed E-state index contributed by atoms with van der Waals surface area (Å²) >= 11 is 0. The lowest BCUT2D eigenvalue weighted by Crippen LogP contribution is -2.39. The molecule has 2 heterocycles. The third-order valence-corrected chi connectivity index (χ3v) is 4.24. The Hall–Kier alpha value is -2.90.